The van der Waals surface area contributed by atoms with E-state index in [-0.39, 0.29) is 17.6 Å². The van der Waals surface area contributed by atoms with Crippen molar-refractivity contribution in [2.45, 2.75) is 38.6 Å². The van der Waals surface area contributed by atoms with Crippen molar-refractivity contribution in [2.75, 3.05) is 19.8 Å². The average molecular weight is 317 g/mol. The number of ketones is 1. The van der Waals surface area contributed by atoms with Crippen LogP contribution in [0.4, 0.5) is 0 Å². The molecule has 124 valence electrons. The SMILES string of the molecule is O=C(CO)c1ccc2c(c1)OCCN(C(=O)C1CCCCC1)C2. The number of amides is 1. The van der Waals surface area contributed by atoms with Crippen LogP contribution in [0, 0.1) is 5.92 Å². The molecule has 5 heteroatoms. The largest absolute Gasteiger partial charge is 0.491 e. The number of ether oxygens (including phenoxy) is 1. The van der Waals surface area contributed by atoms with Gasteiger partial charge in [0.05, 0.1) is 6.54 Å². The van der Waals surface area contributed by atoms with Crippen molar-refractivity contribution in [3.05, 3.63) is 29.3 Å². The van der Waals surface area contributed by atoms with Crippen molar-refractivity contribution in [2.24, 2.45) is 5.92 Å². The Morgan fingerprint density at radius 3 is 2.74 bits per heavy atom. The van der Waals surface area contributed by atoms with Crippen LogP contribution in [0.3, 0.4) is 0 Å². The van der Waals surface area contributed by atoms with E-state index in [9.17, 15) is 9.59 Å². The van der Waals surface area contributed by atoms with E-state index in [1.165, 1.54) is 6.42 Å². The summed E-state index contributed by atoms with van der Waals surface area (Å²) >= 11 is 0. The number of Topliss-reactive ketones (excluding diaryl/α,β-unsaturated/α-hetero) is 1. The zero-order chi connectivity index (χ0) is 16.2. The smallest absolute Gasteiger partial charge is 0.226 e. The Kier molecular flexibility index (Phi) is 4.96. The van der Waals surface area contributed by atoms with Gasteiger partial charge in [-0.2, -0.15) is 0 Å². The molecule has 1 amide bonds. The molecule has 0 spiro atoms. The molecule has 3 rings (SSSR count). The standard InChI is InChI=1S/C18H23NO4/c20-12-16(21)14-6-7-15-11-19(8-9-23-17(15)10-14)18(22)13-4-2-1-3-5-13/h6-7,10,13,20H,1-5,8-9,11-12H2. The maximum atomic E-state index is 12.7. The number of hydrogen-bond acceptors (Lipinski definition) is 4. The van der Waals surface area contributed by atoms with Crippen LogP contribution in [0.25, 0.3) is 0 Å². The number of carbonyl (C=O) groups excluding carboxylic acids is 2. The van der Waals surface area contributed by atoms with Crippen LogP contribution < -0.4 is 4.74 Å². The molecule has 1 fully saturated rings. The molecule has 23 heavy (non-hydrogen) atoms. The molecule has 0 bridgehead atoms. The van der Waals surface area contributed by atoms with Crippen molar-refractivity contribution in [1.29, 1.82) is 0 Å². The molecular formula is C18H23NO4. The quantitative estimate of drug-likeness (QED) is 0.868. The summed E-state index contributed by atoms with van der Waals surface area (Å²) in [6, 6.07) is 5.18. The minimum Gasteiger partial charge on any atom is -0.491 e. The fourth-order valence-electron chi connectivity index (χ4n) is 3.43. The lowest BCUT2D eigenvalue weighted by atomic mass is 9.88. The molecule has 0 aromatic heterocycles. The first-order valence-corrected chi connectivity index (χ1v) is 8.37. The van der Waals surface area contributed by atoms with Gasteiger partial charge in [0.2, 0.25) is 5.91 Å². The highest BCUT2D eigenvalue weighted by molar-refractivity contribution is 5.97. The van der Waals surface area contributed by atoms with Gasteiger partial charge >= 0.3 is 0 Å². The van der Waals surface area contributed by atoms with Crippen molar-refractivity contribution >= 4 is 11.7 Å². The molecule has 1 N–H and O–H groups in total. The first kappa shape index (κ1) is 16.0. The highest BCUT2D eigenvalue weighted by Gasteiger charge is 2.28. The van der Waals surface area contributed by atoms with Crippen molar-refractivity contribution in [1.82, 2.24) is 4.90 Å². The molecule has 0 unspecified atom stereocenters. The number of rotatable bonds is 3. The summed E-state index contributed by atoms with van der Waals surface area (Å²) in [4.78, 5) is 26.2. The summed E-state index contributed by atoms with van der Waals surface area (Å²) in [5.41, 5.74) is 1.36. The van der Waals surface area contributed by atoms with E-state index in [4.69, 9.17) is 9.84 Å². The predicted molar refractivity (Wildman–Crippen MR) is 85.3 cm³/mol. The van der Waals surface area contributed by atoms with Gasteiger partial charge in [0.15, 0.2) is 5.78 Å². The Labute approximate surface area is 136 Å². The lowest BCUT2D eigenvalue weighted by molar-refractivity contribution is -0.137. The Balaban J connectivity index is 1.75. The maximum absolute atomic E-state index is 12.7. The molecule has 0 radical (unpaired) electrons. The monoisotopic (exact) mass is 317 g/mol. The van der Waals surface area contributed by atoms with E-state index in [0.717, 1.165) is 31.2 Å². The van der Waals surface area contributed by atoms with E-state index in [0.29, 0.717) is 31.0 Å². The van der Waals surface area contributed by atoms with Crippen LogP contribution >= 0.6 is 0 Å². The van der Waals surface area contributed by atoms with E-state index in [2.05, 4.69) is 0 Å². The number of aliphatic hydroxyl groups excluding tert-OH is 1. The molecule has 1 heterocycles. The van der Waals surface area contributed by atoms with Crippen LogP contribution in [-0.4, -0.2) is 41.5 Å². The minimum atomic E-state index is -0.509. The molecule has 1 aromatic rings. The van der Waals surface area contributed by atoms with Gasteiger partial charge in [0, 0.05) is 23.6 Å². The number of nitrogens with zero attached hydrogens (tertiary/aromatic N) is 1. The normalized spacial score (nSPS) is 18.7. The van der Waals surface area contributed by atoms with E-state index in [1.807, 2.05) is 11.0 Å². The fourth-order valence-corrected chi connectivity index (χ4v) is 3.43. The van der Waals surface area contributed by atoms with Crippen molar-refractivity contribution < 1.29 is 19.4 Å². The lowest BCUT2D eigenvalue weighted by Gasteiger charge is -2.28. The van der Waals surface area contributed by atoms with Crippen LogP contribution in [0.2, 0.25) is 0 Å². The van der Waals surface area contributed by atoms with Gasteiger partial charge in [-0.1, -0.05) is 31.4 Å². The molecule has 2 aliphatic rings. The van der Waals surface area contributed by atoms with Crippen molar-refractivity contribution in [3.63, 3.8) is 0 Å². The molecule has 5 nitrogen and oxygen atoms in total. The van der Waals surface area contributed by atoms with Gasteiger partial charge in [-0.3, -0.25) is 9.59 Å². The third kappa shape index (κ3) is 3.55. The lowest BCUT2D eigenvalue weighted by Crippen LogP contribution is -2.37. The summed E-state index contributed by atoms with van der Waals surface area (Å²) in [5, 5.41) is 8.96. The second kappa shape index (κ2) is 7.13. The Morgan fingerprint density at radius 2 is 2.00 bits per heavy atom. The van der Waals surface area contributed by atoms with Gasteiger partial charge in [-0.05, 0) is 18.9 Å². The van der Waals surface area contributed by atoms with Gasteiger partial charge < -0.3 is 14.7 Å². The van der Waals surface area contributed by atoms with E-state index < -0.39 is 6.61 Å². The summed E-state index contributed by atoms with van der Waals surface area (Å²) in [7, 11) is 0. The zero-order valence-electron chi connectivity index (χ0n) is 13.3. The Hall–Kier alpha value is -1.88. The molecule has 1 saturated carbocycles. The van der Waals surface area contributed by atoms with Crippen LogP contribution in [0.1, 0.15) is 48.0 Å². The Morgan fingerprint density at radius 1 is 1.22 bits per heavy atom. The second-order valence-corrected chi connectivity index (χ2v) is 6.35. The molecular weight excluding hydrogens is 294 g/mol. The fraction of sp³-hybridized carbons (Fsp3) is 0.556. The van der Waals surface area contributed by atoms with Crippen LogP contribution in [0.15, 0.2) is 18.2 Å². The molecule has 1 aliphatic heterocycles. The first-order chi connectivity index (χ1) is 11.2. The third-order valence-electron chi connectivity index (χ3n) is 4.78. The summed E-state index contributed by atoms with van der Waals surface area (Å²) in [6.45, 7) is 1.03. The molecule has 1 aliphatic carbocycles. The number of carbonyl (C=O) groups is 2. The number of hydrogen-bond donors (Lipinski definition) is 1. The summed E-state index contributed by atoms with van der Waals surface area (Å²) in [6.07, 6.45) is 5.51. The highest BCUT2D eigenvalue weighted by Crippen LogP contribution is 2.29. The summed E-state index contributed by atoms with van der Waals surface area (Å²) in [5.74, 6) is 0.705. The van der Waals surface area contributed by atoms with Gasteiger partial charge in [0.1, 0.15) is 19.0 Å². The molecule has 0 saturated heterocycles. The topological polar surface area (TPSA) is 66.8 Å². The number of benzene rings is 1. The first-order valence-electron chi connectivity index (χ1n) is 8.37. The molecule has 0 atom stereocenters. The number of aliphatic hydroxyl groups is 1. The predicted octanol–water partition coefficient (Wildman–Crippen LogP) is 2.16. The van der Waals surface area contributed by atoms with Gasteiger partial charge in [0.25, 0.3) is 0 Å². The van der Waals surface area contributed by atoms with E-state index >= 15 is 0 Å². The minimum absolute atomic E-state index is 0.153. The van der Waals surface area contributed by atoms with Gasteiger partial charge in [-0.15, -0.1) is 0 Å². The maximum Gasteiger partial charge on any atom is 0.226 e. The van der Waals surface area contributed by atoms with Gasteiger partial charge in [-0.25, -0.2) is 0 Å². The average Bonchev–Trinajstić information content (AvgIpc) is 2.82. The Bertz CT molecular complexity index is 593. The molecule has 1 aromatic carbocycles. The second-order valence-electron chi connectivity index (χ2n) is 6.35. The summed E-state index contributed by atoms with van der Waals surface area (Å²) < 4.78 is 5.72. The van der Waals surface area contributed by atoms with Crippen molar-refractivity contribution in [3.8, 4) is 5.75 Å². The third-order valence-corrected chi connectivity index (χ3v) is 4.78. The zero-order valence-corrected chi connectivity index (χ0v) is 13.3. The van der Waals surface area contributed by atoms with E-state index in [1.54, 1.807) is 12.1 Å². The van der Waals surface area contributed by atoms with Crippen LogP contribution in [-0.2, 0) is 11.3 Å². The van der Waals surface area contributed by atoms with Crippen LogP contribution in [0.5, 0.6) is 5.75 Å². The number of fused-ring (bicyclic) bond motifs is 1. The highest BCUT2D eigenvalue weighted by atomic mass is 16.5.